The lowest BCUT2D eigenvalue weighted by atomic mass is 10.1. The molecule has 2 aromatic carbocycles. The summed E-state index contributed by atoms with van der Waals surface area (Å²) < 4.78 is 29.8. The van der Waals surface area contributed by atoms with Gasteiger partial charge in [-0.05, 0) is 53.9 Å². The Labute approximate surface area is 169 Å². The second kappa shape index (κ2) is 9.70. The molecule has 1 fully saturated rings. The number of carbonyl (C=O) groups excluding carboxylic acids is 1. The summed E-state index contributed by atoms with van der Waals surface area (Å²) in [6.45, 7) is 0. The van der Waals surface area contributed by atoms with Crippen molar-refractivity contribution in [3.05, 3.63) is 59.7 Å². The zero-order valence-corrected chi connectivity index (χ0v) is 16.5. The number of halogens is 2. The number of nitrogens with zero attached hydrogens (tertiary/aromatic N) is 2. The quantitative estimate of drug-likeness (QED) is 0.414. The highest BCUT2D eigenvalue weighted by atomic mass is 32.2. The Morgan fingerprint density at radius 2 is 1.93 bits per heavy atom. The molecule has 28 heavy (non-hydrogen) atoms. The van der Waals surface area contributed by atoms with Crippen molar-refractivity contribution in [2.24, 2.45) is 10.2 Å². The first kappa shape index (κ1) is 20.3. The van der Waals surface area contributed by atoms with E-state index in [0.717, 1.165) is 16.9 Å². The van der Waals surface area contributed by atoms with Crippen LogP contribution in [0.25, 0.3) is 0 Å². The summed E-state index contributed by atoms with van der Waals surface area (Å²) in [6.07, 6.45) is 2.07. The van der Waals surface area contributed by atoms with Crippen LogP contribution in [-0.4, -0.2) is 35.4 Å². The molecule has 1 aliphatic heterocycles. The normalized spacial score (nSPS) is 18.2. The number of hydrogen-bond donors (Lipinski definition) is 1. The number of rotatable bonds is 7. The van der Waals surface area contributed by atoms with Gasteiger partial charge in [-0.1, -0.05) is 35.7 Å². The van der Waals surface area contributed by atoms with Crippen molar-refractivity contribution in [3.8, 4) is 5.75 Å². The van der Waals surface area contributed by atoms with Gasteiger partial charge >= 0.3 is 0 Å². The predicted octanol–water partition coefficient (Wildman–Crippen LogP) is 4.17. The summed E-state index contributed by atoms with van der Waals surface area (Å²) in [5, 5.41) is 10.9. The van der Waals surface area contributed by atoms with Gasteiger partial charge in [0, 0.05) is 4.90 Å². The maximum absolute atomic E-state index is 12.4. The van der Waals surface area contributed by atoms with Crippen LogP contribution < -0.4 is 10.1 Å². The number of methoxy groups -OCH3 is 1. The lowest BCUT2D eigenvalue weighted by Crippen LogP contribution is -2.25. The molecule has 0 radical (unpaired) electrons. The second-order valence-corrected chi connectivity index (χ2v) is 8.00. The Kier molecular flexibility index (Phi) is 7.05. The Bertz CT molecular complexity index is 872. The molecule has 0 aromatic heterocycles. The number of nitrogens with one attached hydrogen (secondary N) is 1. The molecule has 9 heteroatoms. The molecule has 0 saturated carbocycles. The van der Waals surface area contributed by atoms with Crippen molar-refractivity contribution in [2.45, 2.75) is 22.3 Å². The first-order valence-electron chi connectivity index (χ1n) is 8.30. The van der Waals surface area contributed by atoms with Gasteiger partial charge in [-0.3, -0.25) is 4.79 Å². The Morgan fingerprint density at radius 3 is 2.57 bits per heavy atom. The molecule has 5 nitrogen and oxygen atoms in total. The van der Waals surface area contributed by atoms with E-state index < -0.39 is 5.76 Å². The standard InChI is InChI=1S/C19H17F2N3O2S2/c1-26-14-6-2-13(3-7-14)11-22-24-19-23-17(25)16(28-19)10-12-4-8-15(9-5-12)27-18(20)21/h2-9,11,16,18H,10H2,1H3,(H,23,24,25)/b22-11-/t16-/m0/s1. The number of hydrogen-bond acceptors (Lipinski definition) is 6. The summed E-state index contributed by atoms with van der Waals surface area (Å²) in [6, 6.07) is 14.1. The van der Waals surface area contributed by atoms with Crippen molar-refractivity contribution < 1.29 is 18.3 Å². The van der Waals surface area contributed by atoms with Gasteiger partial charge in [-0.25, -0.2) is 0 Å². The molecule has 0 unspecified atom stereocenters. The smallest absolute Gasteiger partial charge is 0.288 e. The van der Waals surface area contributed by atoms with E-state index in [0.29, 0.717) is 28.2 Å². The van der Waals surface area contributed by atoms with E-state index in [2.05, 4.69) is 15.5 Å². The lowest BCUT2D eigenvalue weighted by molar-refractivity contribution is -0.118. The van der Waals surface area contributed by atoms with Crippen LogP contribution in [0.15, 0.2) is 63.6 Å². The summed E-state index contributed by atoms with van der Waals surface area (Å²) >= 11 is 1.80. The summed E-state index contributed by atoms with van der Waals surface area (Å²) in [5.41, 5.74) is 1.76. The third-order valence-corrected chi connectivity index (χ3v) is 5.61. The van der Waals surface area contributed by atoms with E-state index in [4.69, 9.17) is 4.74 Å². The molecule has 1 aliphatic rings. The SMILES string of the molecule is COc1ccc(/C=N\N=C2/NC(=O)[C@H](Cc3ccc(SC(F)F)cc3)S2)cc1. The van der Waals surface area contributed by atoms with E-state index >= 15 is 0 Å². The highest BCUT2D eigenvalue weighted by Gasteiger charge is 2.30. The zero-order valence-electron chi connectivity index (χ0n) is 14.8. The van der Waals surface area contributed by atoms with Crippen LogP contribution in [0.4, 0.5) is 8.78 Å². The first-order chi connectivity index (χ1) is 13.5. The molecular formula is C19H17F2N3O2S2. The van der Waals surface area contributed by atoms with Crippen LogP contribution in [0.1, 0.15) is 11.1 Å². The number of benzene rings is 2. The Balaban J connectivity index is 1.56. The molecular weight excluding hydrogens is 404 g/mol. The van der Waals surface area contributed by atoms with Gasteiger partial charge in [0.25, 0.3) is 5.76 Å². The lowest BCUT2D eigenvalue weighted by Gasteiger charge is -2.06. The predicted molar refractivity (Wildman–Crippen MR) is 110 cm³/mol. The van der Waals surface area contributed by atoms with Gasteiger partial charge in [-0.15, -0.1) is 5.10 Å². The fourth-order valence-corrected chi connectivity index (χ4v) is 3.91. The molecule has 146 valence electrons. The van der Waals surface area contributed by atoms with Crippen LogP contribution in [0.5, 0.6) is 5.75 Å². The average Bonchev–Trinajstić information content (AvgIpc) is 3.03. The third kappa shape index (κ3) is 5.80. The van der Waals surface area contributed by atoms with E-state index in [1.54, 1.807) is 37.6 Å². The van der Waals surface area contributed by atoms with Crippen LogP contribution in [0.3, 0.4) is 0 Å². The van der Waals surface area contributed by atoms with E-state index in [9.17, 15) is 13.6 Å². The number of ether oxygens (including phenoxy) is 1. The number of thioether (sulfide) groups is 2. The molecule has 1 heterocycles. The van der Waals surface area contributed by atoms with Crippen LogP contribution in [-0.2, 0) is 11.2 Å². The number of carbonyl (C=O) groups is 1. The van der Waals surface area contributed by atoms with Crippen LogP contribution in [0.2, 0.25) is 0 Å². The summed E-state index contributed by atoms with van der Waals surface area (Å²) in [5.74, 6) is -1.83. The van der Waals surface area contributed by atoms with Crippen molar-refractivity contribution in [1.82, 2.24) is 5.32 Å². The minimum Gasteiger partial charge on any atom is -0.497 e. The maximum atomic E-state index is 12.4. The first-order valence-corrected chi connectivity index (χ1v) is 10.1. The molecule has 2 aromatic rings. The van der Waals surface area contributed by atoms with Crippen molar-refractivity contribution in [1.29, 1.82) is 0 Å². The van der Waals surface area contributed by atoms with Crippen molar-refractivity contribution >= 4 is 40.8 Å². The fourth-order valence-electron chi connectivity index (χ4n) is 2.45. The monoisotopic (exact) mass is 421 g/mol. The molecule has 0 bridgehead atoms. The average molecular weight is 421 g/mol. The third-order valence-electron chi connectivity index (χ3n) is 3.82. The molecule has 0 spiro atoms. The highest BCUT2D eigenvalue weighted by molar-refractivity contribution is 8.15. The number of amidine groups is 1. The van der Waals surface area contributed by atoms with Crippen molar-refractivity contribution in [3.63, 3.8) is 0 Å². The minimum atomic E-state index is -2.45. The van der Waals surface area contributed by atoms with E-state index in [1.807, 2.05) is 24.3 Å². The summed E-state index contributed by atoms with van der Waals surface area (Å²) in [4.78, 5) is 12.6. The topological polar surface area (TPSA) is 63.1 Å². The minimum absolute atomic E-state index is 0.144. The molecule has 1 atom stereocenters. The molecule has 3 rings (SSSR count). The zero-order chi connectivity index (χ0) is 19.9. The largest absolute Gasteiger partial charge is 0.497 e. The van der Waals surface area contributed by atoms with Crippen molar-refractivity contribution in [2.75, 3.05) is 7.11 Å². The molecule has 1 saturated heterocycles. The van der Waals surface area contributed by atoms with Gasteiger partial charge in [0.05, 0.1) is 18.6 Å². The maximum Gasteiger partial charge on any atom is 0.288 e. The highest BCUT2D eigenvalue weighted by Crippen LogP contribution is 2.27. The molecule has 1 amide bonds. The molecule has 1 N–H and O–H groups in total. The van der Waals surface area contributed by atoms with Gasteiger partial charge in [0.15, 0.2) is 5.17 Å². The van der Waals surface area contributed by atoms with Crippen LogP contribution >= 0.6 is 23.5 Å². The second-order valence-electron chi connectivity index (χ2n) is 5.75. The Morgan fingerprint density at radius 1 is 1.21 bits per heavy atom. The number of alkyl halides is 2. The number of amides is 1. The van der Waals surface area contributed by atoms with Gasteiger partial charge < -0.3 is 10.1 Å². The fraction of sp³-hybridized carbons (Fsp3) is 0.211. The summed E-state index contributed by atoms with van der Waals surface area (Å²) in [7, 11) is 1.60. The van der Waals surface area contributed by atoms with Gasteiger partial charge in [0.2, 0.25) is 5.91 Å². The van der Waals surface area contributed by atoms with Gasteiger partial charge in [-0.2, -0.15) is 13.9 Å². The van der Waals surface area contributed by atoms with E-state index in [-0.39, 0.29) is 11.2 Å². The van der Waals surface area contributed by atoms with Gasteiger partial charge in [0.1, 0.15) is 5.75 Å². The van der Waals surface area contributed by atoms with Crippen LogP contribution in [0, 0.1) is 0 Å². The molecule has 0 aliphatic carbocycles. The Hall–Kier alpha value is -2.39. The van der Waals surface area contributed by atoms with E-state index in [1.165, 1.54) is 11.8 Å².